The maximum atomic E-state index is 9.22. The minimum Gasteiger partial charge on any atom is -0.341 e. The number of nitriles is 1. The number of nitrogens with zero attached hydrogens (tertiary/aromatic N) is 2. The van der Waals surface area contributed by atoms with Crippen molar-refractivity contribution < 1.29 is 0 Å². The van der Waals surface area contributed by atoms with E-state index < -0.39 is 0 Å². The summed E-state index contributed by atoms with van der Waals surface area (Å²) in [6.07, 6.45) is 3.65. The van der Waals surface area contributed by atoms with Gasteiger partial charge in [-0.2, -0.15) is 5.26 Å². The smallest absolute Gasteiger partial charge is 0.127 e. The summed E-state index contributed by atoms with van der Waals surface area (Å²) >= 11 is 0. The van der Waals surface area contributed by atoms with Crippen LogP contribution in [0.3, 0.4) is 0 Å². The van der Waals surface area contributed by atoms with Crippen LogP contribution in [0.4, 0.5) is 0 Å². The fourth-order valence-corrected chi connectivity index (χ4v) is 2.59. The zero-order chi connectivity index (χ0) is 13.6. The van der Waals surface area contributed by atoms with Gasteiger partial charge >= 0.3 is 0 Å². The monoisotopic (exact) mass is 259 g/mol. The van der Waals surface area contributed by atoms with Crippen LogP contribution in [0.2, 0.25) is 0 Å². The maximum Gasteiger partial charge on any atom is 0.127 e. The Morgan fingerprint density at radius 2 is 1.90 bits per heavy atom. The molecule has 1 aliphatic rings. The molecule has 1 aromatic heterocycles. The molecule has 0 unspecified atom stereocenters. The molecule has 3 nitrogen and oxygen atoms in total. The van der Waals surface area contributed by atoms with Crippen molar-refractivity contribution in [2.75, 3.05) is 0 Å². The quantitative estimate of drug-likeness (QED) is 0.761. The van der Waals surface area contributed by atoms with Crippen LogP contribution in [0.25, 0.3) is 22.0 Å². The summed E-state index contributed by atoms with van der Waals surface area (Å²) in [6.45, 7) is 0. The molecule has 2 aromatic carbocycles. The Kier molecular flexibility index (Phi) is 2.22. The number of aromatic nitrogens is 2. The highest BCUT2D eigenvalue weighted by atomic mass is 15.0. The molecule has 4 rings (SSSR count). The predicted molar refractivity (Wildman–Crippen MR) is 78.1 cm³/mol. The second kappa shape index (κ2) is 3.94. The lowest BCUT2D eigenvalue weighted by Crippen LogP contribution is -2.04. The molecule has 0 amide bonds. The molecule has 20 heavy (non-hydrogen) atoms. The Balaban J connectivity index is 1.78. The Hall–Kier alpha value is -2.60. The van der Waals surface area contributed by atoms with Crippen LogP contribution in [0, 0.1) is 11.3 Å². The molecular formula is C17H13N3. The van der Waals surface area contributed by atoms with Crippen LogP contribution in [0.5, 0.6) is 0 Å². The van der Waals surface area contributed by atoms with Crippen molar-refractivity contribution in [1.29, 1.82) is 5.26 Å². The van der Waals surface area contributed by atoms with E-state index in [1.54, 1.807) is 0 Å². The molecule has 1 N–H and O–H groups in total. The van der Waals surface area contributed by atoms with Gasteiger partial charge in [-0.1, -0.05) is 36.4 Å². The number of rotatable bonds is 2. The fourth-order valence-electron chi connectivity index (χ4n) is 2.59. The van der Waals surface area contributed by atoms with Crippen LogP contribution in [-0.2, 0) is 5.41 Å². The van der Waals surface area contributed by atoms with Gasteiger partial charge in [-0.3, -0.25) is 0 Å². The molecule has 3 heteroatoms. The number of aromatic amines is 1. The second-order valence-corrected chi connectivity index (χ2v) is 5.40. The van der Waals surface area contributed by atoms with Gasteiger partial charge in [-0.15, -0.1) is 0 Å². The van der Waals surface area contributed by atoms with E-state index >= 15 is 0 Å². The Labute approximate surface area is 116 Å². The van der Waals surface area contributed by atoms with Gasteiger partial charge in [0.1, 0.15) is 11.2 Å². The van der Waals surface area contributed by atoms with Crippen molar-refractivity contribution >= 4 is 10.8 Å². The molecule has 96 valence electrons. The van der Waals surface area contributed by atoms with Gasteiger partial charge in [0.05, 0.1) is 18.0 Å². The number of imidazole rings is 1. The van der Waals surface area contributed by atoms with Gasteiger partial charge in [0, 0.05) is 5.56 Å². The van der Waals surface area contributed by atoms with Crippen molar-refractivity contribution in [3.63, 3.8) is 0 Å². The van der Waals surface area contributed by atoms with Gasteiger partial charge < -0.3 is 4.98 Å². The van der Waals surface area contributed by atoms with E-state index in [0.717, 1.165) is 29.9 Å². The standard InChI is InChI=1S/C17H13N3/c18-11-17(7-8-17)16-19-10-15(20-16)14-6-5-12-3-1-2-4-13(12)9-14/h1-6,9-10H,7-8H2,(H,19,20). The molecule has 0 bridgehead atoms. The minimum atomic E-state index is -0.352. The molecule has 1 heterocycles. The molecule has 1 aliphatic carbocycles. The Morgan fingerprint density at radius 1 is 1.10 bits per heavy atom. The van der Waals surface area contributed by atoms with Crippen LogP contribution < -0.4 is 0 Å². The third kappa shape index (κ3) is 1.62. The van der Waals surface area contributed by atoms with Crippen LogP contribution in [0.1, 0.15) is 18.7 Å². The van der Waals surface area contributed by atoms with E-state index in [-0.39, 0.29) is 5.41 Å². The van der Waals surface area contributed by atoms with Crippen molar-refractivity contribution in [1.82, 2.24) is 9.97 Å². The molecule has 0 radical (unpaired) electrons. The van der Waals surface area contributed by atoms with E-state index in [1.807, 2.05) is 18.3 Å². The van der Waals surface area contributed by atoms with E-state index in [4.69, 9.17) is 0 Å². The molecule has 1 saturated carbocycles. The maximum absolute atomic E-state index is 9.22. The molecule has 0 spiro atoms. The van der Waals surface area contributed by atoms with Crippen molar-refractivity contribution in [2.24, 2.45) is 0 Å². The summed E-state index contributed by atoms with van der Waals surface area (Å²) < 4.78 is 0. The third-order valence-corrected chi connectivity index (χ3v) is 4.05. The zero-order valence-electron chi connectivity index (χ0n) is 10.9. The zero-order valence-corrected chi connectivity index (χ0v) is 10.9. The number of benzene rings is 2. The summed E-state index contributed by atoms with van der Waals surface area (Å²) in [5, 5.41) is 11.7. The lowest BCUT2D eigenvalue weighted by Gasteiger charge is -2.02. The SMILES string of the molecule is N#CC1(c2ncc(-c3ccc4ccccc4c3)[nH]2)CC1. The average Bonchev–Trinajstić information content (AvgIpc) is 3.15. The number of hydrogen-bond acceptors (Lipinski definition) is 2. The minimum absolute atomic E-state index is 0.352. The molecule has 0 aliphatic heterocycles. The average molecular weight is 259 g/mol. The normalized spacial score (nSPS) is 15.9. The summed E-state index contributed by atoms with van der Waals surface area (Å²) in [5.74, 6) is 0.808. The highest BCUT2D eigenvalue weighted by Gasteiger charge is 2.47. The summed E-state index contributed by atoms with van der Waals surface area (Å²) in [5.41, 5.74) is 1.73. The second-order valence-electron chi connectivity index (χ2n) is 5.40. The number of H-pyrrole nitrogens is 1. The summed E-state index contributed by atoms with van der Waals surface area (Å²) in [6, 6.07) is 17.0. The molecule has 3 aromatic rings. The van der Waals surface area contributed by atoms with Crippen LogP contribution in [-0.4, -0.2) is 9.97 Å². The highest BCUT2D eigenvalue weighted by Crippen LogP contribution is 2.46. The number of hydrogen-bond donors (Lipinski definition) is 1. The Bertz CT molecular complexity index is 835. The third-order valence-electron chi connectivity index (χ3n) is 4.05. The summed E-state index contributed by atoms with van der Waals surface area (Å²) in [7, 11) is 0. The van der Waals surface area contributed by atoms with Gasteiger partial charge in [0.15, 0.2) is 0 Å². The van der Waals surface area contributed by atoms with Crippen molar-refractivity contribution in [3.8, 4) is 17.3 Å². The highest BCUT2D eigenvalue weighted by molar-refractivity contribution is 5.86. The Morgan fingerprint density at radius 3 is 2.65 bits per heavy atom. The van der Waals surface area contributed by atoms with Gasteiger partial charge in [-0.05, 0) is 29.7 Å². The molecule has 1 fully saturated rings. The number of fused-ring (bicyclic) bond motifs is 1. The molecular weight excluding hydrogens is 246 g/mol. The van der Waals surface area contributed by atoms with Crippen LogP contribution in [0.15, 0.2) is 48.7 Å². The molecule has 0 atom stereocenters. The lowest BCUT2D eigenvalue weighted by molar-refractivity contribution is 0.822. The van der Waals surface area contributed by atoms with Gasteiger partial charge in [0.2, 0.25) is 0 Å². The first kappa shape index (κ1) is 11.2. The van der Waals surface area contributed by atoms with Gasteiger partial charge in [0.25, 0.3) is 0 Å². The van der Waals surface area contributed by atoms with Gasteiger partial charge in [-0.25, -0.2) is 4.98 Å². The topological polar surface area (TPSA) is 52.5 Å². The fraction of sp³-hybridized carbons (Fsp3) is 0.176. The lowest BCUT2D eigenvalue weighted by atomic mass is 10.1. The first-order valence-corrected chi connectivity index (χ1v) is 6.77. The van der Waals surface area contributed by atoms with Crippen molar-refractivity contribution in [3.05, 3.63) is 54.5 Å². The largest absolute Gasteiger partial charge is 0.341 e. The van der Waals surface area contributed by atoms with E-state index in [2.05, 4.69) is 46.4 Å². The van der Waals surface area contributed by atoms with E-state index in [1.165, 1.54) is 10.8 Å². The van der Waals surface area contributed by atoms with Crippen LogP contribution >= 0.6 is 0 Å². The van der Waals surface area contributed by atoms with E-state index in [9.17, 15) is 5.26 Å². The molecule has 0 saturated heterocycles. The summed E-state index contributed by atoms with van der Waals surface area (Å²) in [4.78, 5) is 7.71. The number of nitrogens with one attached hydrogen (secondary N) is 1. The predicted octanol–water partition coefficient (Wildman–Crippen LogP) is 3.79. The van der Waals surface area contributed by atoms with E-state index in [0.29, 0.717) is 0 Å². The first-order valence-electron chi connectivity index (χ1n) is 6.77. The van der Waals surface area contributed by atoms with Crippen molar-refractivity contribution in [2.45, 2.75) is 18.3 Å². The first-order chi connectivity index (χ1) is 9.81.